The number of carbonyl (C=O) groups is 1. The SMILES string of the molecule is NCc1cc(NC(=O)Cc2ccc(-c3cccc4[nH]nc(N)c34)cc2)ccc1F. The zero-order valence-electron chi connectivity index (χ0n) is 15.6. The maximum absolute atomic E-state index is 13.5. The summed E-state index contributed by atoms with van der Waals surface area (Å²) in [7, 11) is 0. The second kappa shape index (κ2) is 7.73. The molecule has 1 amide bonds. The Kier molecular flexibility index (Phi) is 4.97. The quantitative estimate of drug-likeness (QED) is 0.418. The van der Waals surface area contributed by atoms with Crippen molar-refractivity contribution in [3.05, 3.63) is 77.6 Å². The molecule has 0 aliphatic carbocycles. The minimum Gasteiger partial charge on any atom is -0.382 e. The van der Waals surface area contributed by atoms with Crippen LogP contribution in [0.15, 0.2) is 60.7 Å². The summed E-state index contributed by atoms with van der Waals surface area (Å²) in [5.41, 5.74) is 16.1. The largest absolute Gasteiger partial charge is 0.382 e. The lowest BCUT2D eigenvalue weighted by atomic mass is 9.99. The minimum atomic E-state index is -0.380. The second-order valence-electron chi connectivity index (χ2n) is 6.77. The molecule has 0 saturated carbocycles. The summed E-state index contributed by atoms with van der Waals surface area (Å²) in [5, 5.41) is 10.6. The average molecular weight is 389 g/mol. The molecule has 0 radical (unpaired) electrons. The van der Waals surface area contributed by atoms with Crippen molar-refractivity contribution in [3.63, 3.8) is 0 Å². The van der Waals surface area contributed by atoms with E-state index in [1.807, 2.05) is 42.5 Å². The molecule has 0 saturated heterocycles. The number of nitrogens with one attached hydrogen (secondary N) is 2. The first-order chi connectivity index (χ1) is 14.0. The zero-order chi connectivity index (χ0) is 20.4. The van der Waals surface area contributed by atoms with Crippen LogP contribution in [0.2, 0.25) is 0 Å². The van der Waals surface area contributed by atoms with Gasteiger partial charge in [-0.15, -0.1) is 0 Å². The number of nitrogens with two attached hydrogens (primary N) is 2. The van der Waals surface area contributed by atoms with Crippen molar-refractivity contribution in [2.24, 2.45) is 5.73 Å². The molecular weight excluding hydrogens is 369 g/mol. The number of anilines is 2. The molecule has 4 rings (SSSR count). The molecule has 0 unspecified atom stereocenters. The second-order valence-corrected chi connectivity index (χ2v) is 6.77. The number of halogens is 1. The van der Waals surface area contributed by atoms with Gasteiger partial charge in [-0.05, 0) is 41.0 Å². The Labute approximate surface area is 166 Å². The first kappa shape index (κ1) is 18.6. The van der Waals surface area contributed by atoms with Crippen LogP contribution in [0.25, 0.3) is 22.0 Å². The van der Waals surface area contributed by atoms with Gasteiger partial charge in [-0.25, -0.2) is 4.39 Å². The summed E-state index contributed by atoms with van der Waals surface area (Å²) in [6.07, 6.45) is 0.202. The number of hydrogen-bond donors (Lipinski definition) is 4. The molecule has 0 spiro atoms. The molecule has 6 N–H and O–H groups in total. The normalized spacial score (nSPS) is 11.0. The van der Waals surface area contributed by atoms with E-state index in [0.717, 1.165) is 27.6 Å². The van der Waals surface area contributed by atoms with E-state index in [4.69, 9.17) is 11.5 Å². The summed E-state index contributed by atoms with van der Waals surface area (Å²) < 4.78 is 13.5. The molecule has 146 valence electrons. The van der Waals surface area contributed by atoms with Crippen LogP contribution in [0.4, 0.5) is 15.9 Å². The molecule has 4 aromatic rings. The van der Waals surface area contributed by atoms with Crippen molar-refractivity contribution in [1.29, 1.82) is 0 Å². The summed E-state index contributed by atoms with van der Waals surface area (Å²) in [6, 6.07) is 17.9. The highest BCUT2D eigenvalue weighted by Crippen LogP contribution is 2.31. The fourth-order valence-electron chi connectivity index (χ4n) is 3.34. The standard InChI is InChI=1S/C22H20FN5O/c23-18-9-8-16(11-15(18)12-24)26-20(29)10-13-4-6-14(7-5-13)17-2-1-3-19-21(17)22(25)28-27-19/h1-9,11H,10,12,24H2,(H,26,29)(H3,25,27,28). The number of aromatic amines is 1. The average Bonchev–Trinajstić information content (AvgIpc) is 3.11. The van der Waals surface area contributed by atoms with Gasteiger partial charge in [0, 0.05) is 17.8 Å². The van der Waals surface area contributed by atoms with Gasteiger partial charge in [-0.3, -0.25) is 9.89 Å². The third kappa shape index (κ3) is 3.81. The third-order valence-electron chi connectivity index (χ3n) is 4.80. The molecule has 0 aliphatic heterocycles. The maximum Gasteiger partial charge on any atom is 0.228 e. The van der Waals surface area contributed by atoms with E-state index < -0.39 is 0 Å². The fraction of sp³-hybridized carbons (Fsp3) is 0.0909. The Bertz CT molecular complexity index is 1180. The van der Waals surface area contributed by atoms with Gasteiger partial charge in [-0.1, -0.05) is 36.4 Å². The van der Waals surface area contributed by atoms with E-state index in [1.54, 1.807) is 6.07 Å². The van der Waals surface area contributed by atoms with Crippen molar-refractivity contribution < 1.29 is 9.18 Å². The van der Waals surface area contributed by atoms with Crippen LogP contribution in [-0.2, 0) is 17.8 Å². The topological polar surface area (TPSA) is 110 Å². The number of aromatic nitrogens is 2. The number of amides is 1. The Morgan fingerprint density at radius 2 is 1.90 bits per heavy atom. The van der Waals surface area contributed by atoms with Crippen LogP contribution in [-0.4, -0.2) is 16.1 Å². The van der Waals surface area contributed by atoms with E-state index in [-0.39, 0.29) is 24.7 Å². The molecule has 0 bridgehead atoms. The Morgan fingerprint density at radius 3 is 2.66 bits per heavy atom. The number of H-pyrrole nitrogens is 1. The fourth-order valence-corrected chi connectivity index (χ4v) is 3.34. The first-order valence-electron chi connectivity index (χ1n) is 9.15. The third-order valence-corrected chi connectivity index (χ3v) is 4.80. The summed E-state index contributed by atoms with van der Waals surface area (Å²) in [5.74, 6) is -0.113. The van der Waals surface area contributed by atoms with Gasteiger partial charge >= 0.3 is 0 Å². The Balaban J connectivity index is 1.49. The van der Waals surface area contributed by atoms with E-state index >= 15 is 0 Å². The van der Waals surface area contributed by atoms with Crippen molar-refractivity contribution in [1.82, 2.24) is 10.2 Å². The molecule has 0 atom stereocenters. The van der Waals surface area contributed by atoms with Crippen molar-refractivity contribution in [2.45, 2.75) is 13.0 Å². The highest BCUT2D eigenvalue weighted by atomic mass is 19.1. The van der Waals surface area contributed by atoms with Gasteiger partial charge in [0.05, 0.1) is 17.3 Å². The smallest absolute Gasteiger partial charge is 0.228 e. The molecule has 1 heterocycles. The first-order valence-corrected chi connectivity index (χ1v) is 9.15. The monoisotopic (exact) mass is 389 g/mol. The summed E-state index contributed by atoms with van der Waals surface area (Å²) >= 11 is 0. The molecule has 1 aromatic heterocycles. The van der Waals surface area contributed by atoms with Crippen molar-refractivity contribution in [3.8, 4) is 11.1 Å². The lowest BCUT2D eigenvalue weighted by Gasteiger charge is -2.09. The van der Waals surface area contributed by atoms with Gasteiger partial charge in [0.15, 0.2) is 5.82 Å². The molecule has 0 fully saturated rings. The molecule has 3 aromatic carbocycles. The minimum absolute atomic E-state index is 0.0743. The van der Waals surface area contributed by atoms with E-state index in [0.29, 0.717) is 17.1 Å². The van der Waals surface area contributed by atoms with Crippen LogP contribution in [0.5, 0.6) is 0 Å². The number of carbonyl (C=O) groups excluding carboxylic acids is 1. The Morgan fingerprint density at radius 1 is 1.10 bits per heavy atom. The Hall–Kier alpha value is -3.71. The summed E-state index contributed by atoms with van der Waals surface area (Å²) in [6.45, 7) is 0.0743. The van der Waals surface area contributed by atoms with Gasteiger partial charge in [0.25, 0.3) is 0 Å². The number of benzene rings is 3. The van der Waals surface area contributed by atoms with Gasteiger partial charge in [0.1, 0.15) is 5.82 Å². The number of fused-ring (bicyclic) bond motifs is 1. The lowest BCUT2D eigenvalue weighted by molar-refractivity contribution is -0.115. The van der Waals surface area contributed by atoms with E-state index in [9.17, 15) is 9.18 Å². The number of nitrogen functional groups attached to an aromatic ring is 1. The van der Waals surface area contributed by atoms with Crippen LogP contribution < -0.4 is 16.8 Å². The summed E-state index contributed by atoms with van der Waals surface area (Å²) in [4.78, 5) is 12.3. The number of nitrogens with zero attached hydrogens (tertiary/aromatic N) is 1. The molecule has 29 heavy (non-hydrogen) atoms. The van der Waals surface area contributed by atoms with Gasteiger partial charge in [-0.2, -0.15) is 5.10 Å². The highest BCUT2D eigenvalue weighted by molar-refractivity contribution is 6.01. The van der Waals surface area contributed by atoms with Gasteiger partial charge < -0.3 is 16.8 Å². The van der Waals surface area contributed by atoms with E-state index in [1.165, 1.54) is 12.1 Å². The van der Waals surface area contributed by atoms with Crippen molar-refractivity contribution >= 4 is 28.3 Å². The molecule has 7 heteroatoms. The lowest BCUT2D eigenvalue weighted by Crippen LogP contribution is -2.15. The molecule has 6 nitrogen and oxygen atoms in total. The van der Waals surface area contributed by atoms with Crippen LogP contribution in [0.3, 0.4) is 0 Å². The predicted octanol–water partition coefficient (Wildman–Crippen LogP) is 3.59. The zero-order valence-corrected chi connectivity index (χ0v) is 15.6. The molecule has 0 aliphatic rings. The highest BCUT2D eigenvalue weighted by Gasteiger charge is 2.11. The van der Waals surface area contributed by atoms with Crippen LogP contribution in [0, 0.1) is 5.82 Å². The molecular formula is C22H20FN5O. The van der Waals surface area contributed by atoms with Gasteiger partial charge in [0.2, 0.25) is 5.91 Å². The van der Waals surface area contributed by atoms with Crippen molar-refractivity contribution in [2.75, 3.05) is 11.1 Å². The maximum atomic E-state index is 13.5. The van der Waals surface area contributed by atoms with Crippen LogP contribution >= 0.6 is 0 Å². The predicted molar refractivity (Wildman–Crippen MR) is 113 cm³/mol. The van der Waals surface area contributed by atoms with E-state index in [2.05, 4.69) is 15.5 Å². The number of hydrogen-bond acceptors (Lipinski definition) is 4. The van der Waals surface area contributed by atoms with Crippen LogP contribution in [0.1, 0.15) is 11.1 Å². The number of rotatable bonds is 5.